The summed E-state index contributed by atoms with van der Waals surface area (Å²) in [6.45, 7) is 0. The molecule has 3 rings (SSSR count). The Kier molecular flexibility index (Phi) is 2.19. The van der Waals surface area contributed by atoms with Crippen LogP contribution in [0, 0.1) is 5.92 Å². The lowest BCUT2D eigenvalue weighted by molar-refractivity contribution is 0.574. The molecule has 1 aliphatic carbocycles. The first-order chi connectivity index (χ1) is 7.66. The van der Waals surface area contributed by atoms with Crippen molar-refractivity contribution in [2.75, 3.05) is 0 Å². The lowest BCUT2D eigenvalue weighted by Crippen LogP contribution is -2.17. The molecule has 3 nitrogen and oxygen atoms in total. The lowest BCUT2D eigenvalue weighted by Gasteiger charge is -2.09. The number of fused-ring (bicyclic) bond motifs is 1. The number of imidazole rings is 1. The van der Waals surface area contributed by atoms with Crippen LogP contribution in [0.5, 0.6) is 0 Å². The van der Waals surface area contributed by atoms with Crippen molar-refractivity contribution >= 4 is 22.6 Å². The highest BCUT2D eigenvalue weighted by atomic mass is 35.5. The van der Waals surface area contributed by atoms with E-state index in [2.05, 4.69) is 9.55 Å². The van der Waals surface area contributed by atoms with Gasteiger partial charge >= 0.3 is 0 Å². The molecule has 0 aliphatic heterocycles. The van der Waals surface area contributed by atoms with Gasteiger partial charge in [-0.3, -0.25) is 0 Å². The Balaban J connectivity index is 2.14. The predicted molar refractivity (Wildman–Crippen MR) is 65.4 cm³/mol. The lowest BCUT2D eigenvalue weighted by atomic mass is 10.2. The topological polar surface area (TPSA) is 43.8 Å². The fourth-order valence-electron chi connectivity index (χ4n) is 2.15. The van der Waals surface area contributed by atoms with Crippen LogP contribution in [0.2, 0.25) is 5.02 Å². The number of nitrogens with two attached hydrogens (primary N) is 1. The number of hydrogen-bond donors (Lipinski definition) is 1. The highest BCUT2D eigenvalue weighted by Crippen LogP contribution is 2.39. The van der Waals surface area contributed by atoms with Crippen molar-refractivity contribution in [3.63, 3.8) is 0 Å². The minimum absolute atomic E-state index is 0.0659. The van der Waals surface area contributed by atoms with Crippen LogP contribution in [-0.2, 0) is 7.05 Å². The maximum atomic E-state index is 6.19. The second-order valence-electron chi connectivity index (χ2n) is 4.53. The van der Waals surface area contributed by atoms with Crippen LogP contribution in [0.4, 0.5) is 0 Å². The Labute approximate surface area is 99.2 Å². The van der Waals surface area contributed by atoms with Crippen molar-refractivity contribution in [1.82, 2.24) is 9.55 Å². The predicted octanol–water partition coefficient (Wildman–Crippen LogP) is 2.64. The summed E-state index contributed by atoms with van der Waals surface area (Å²) < 4.78 is 2.06. The van der Waals surface area contributed by atoms with Crippen LogP contribution in [0.25, 0.3) is 11.0 Å². The van der Waals surface area contributed by atoms with Gasteiger partial charge in [-0.25, -0.2) is 4.98 Å². The Morgan fingerprint density at radius 2 is 2.25 bits per heavy atom. The van der Waals surface area contributed by atoms with E-state index in [0.717, 1.165) is 21.9 Å². The van der Waals surface area contributed by atoms with Crippen LogP contribution < -0.4 is 5.73 Å². The highest BCUT2D eigenvalue weighted by molar-refractivity contribution is 6.31. The summed E-state index contributed by atoms with van der Waals surface area (Å²) in [7, 11) is 2.00. The average molecular weight is 236 g/mol. The maximum absolute atomic E-state index is 6.19. The molecule has 0 bridgehead atoms. The standard InChI is InChI=1S/C12H14ClN3/c1-16-10-6-8(13)4-5-9(10)15-12(16)11(14)7-2-3-7/h4-7,11H,2-3,14H2,1H3. The quantitative estimate of drug-likeness (QED) is 0.870. The van der Waals surface area contributed by atoms with E-state index in [1.54, 1.807) is 0 Å². The van der Waals surface area contributed by atoms with E-state index in [9.17, 15) is 0 Å². The van der Waals surface area contributed by atoms with Crippen LogP contribution in [0.15, 0.2) is 18.2 Å². The number of aromatic nitrogens is 2. The SMILES string of the molecule is Cn1c(C(N)C2CC2)nc2ccc(Cl)cc21. The average Bonchev–Trinajstić information content (AvgIpc) is 3.05. The molecule has 1 unspecified atom stereocenters. The van der Waals surface area contributed by atoms with Gasteiger partial charge in [0.25, 0.3) is 0 Å². The zero-order valence-corrected chi connectivity index (χ0v) is 9.91. The van der Waals surface area contributed by atoms with Crippen molar-refractivity contribution < 1.29 is 0 Å². The number of benzene rings is 1. The summed E-state index contributed by atoms with van der Waals surface area (Å²) in [4.78, 5) is 4.59. The molecule has 4 heteroatoms. The van der Waals surface area contributed by atoms with Crippen LogP contribution in [0.1, 0.15) is 24.7 Å². The Morgan fingerprint density at radius 3 is 2.94 bits per heavy atom. The van der Waals surface area contributed by atoms with Gasteiger partial charge in [0, 0.05) is 12.1 Å². The van der Waals surface area contributed by atoms with Crippen molar-refractivity contribution in [3.8, 4) is 0 Å². The van der Waals surface area contributed by atoms with Gasteiger partial charge < -0.3 is 10.3 Å². The third kappa shape index (κ3) is 1.51. The molecule has 1 aromatic carbocycles. The summed E-state index contributed by atoms with van der Waals surface area (Å²) in [6.07, 6.45) is 2.45. The molecule has 0 spiro atoms. The molecule has 1 fully saturated rings. The zero-order chi connectivity index (χ0) is 11.3. The van der Waals surface area contributed by atoms with Gasteiger partial charge in [-0.1, -0.05) is 11.6 Å². The molecule has 0 radical (unpaired) electrons. The Morgan fingerprint density at radius 1 is 1.50 bits per heavy atom. The normalized spacial score (nSPS) is 17.9. The van der Waals surface area contributed by atoms with Crippen molar-refractivity contribution in [3.05, 3.63) is 29.0 Å². The smallest absolute Gasteiger partial charge is 0.126 e. The summed E-state index contributed by atoms with van der Waals surface area (Å²) in [6, 6.07) is 5.81. The summed E-state index contributed by atoms with van der Waals surface area (Å²) in [5.41, 5.74) is 8.21. The second-order valence-corrected chi connectivity index (χ2v) is 4.96. The Hall–Kier alpha value is -1.06. The third-order valence-electron chi connectivity index (χ3n) is 3.31. The van der Waals surface area contributed by atoms with E-state index in [1.165, 1.54) is 12.8 Å². The van der Waals surface area contributed by atoms with Crippen LogP contribution in [0.3, 0.4) is 0 Å². The van der Waals surface area contributed by atoms with Crippen molar-refractivity contribution in [1.29, 1.82) is 0 Å². The second kappa shape index (κ2) is 3.47. The number of rotatable bonds is 2. The van der Waals surface area contributed by atoms with Crippen molar-refractivity contribution in [2.24, 2.45) is 18.7 Å². The van der Waals surface area contributed by atoms with Crippen LogP contribution >= 0.6 is 11.6 Å². The van der Waals surface area contributed by atoms with E-state index in [0.29, 0.717) is 5.92 Å². The maximum Gasteiger partial charge on any atom is 0.126 e. The Bertz CT molecular complexity index is 542. The molecule has 1 saturated carbocycles. The van der Waals surface area contributed by atoms with E-state index in [4.69, 9.17) is 17.3 Å². The number of halogens is 1. The first-order valence-electron chi connectivity index (χ1n) is 5.54. The zero-order valence-electron chi connectivity index (χ0n) is 9.15. The third-order valence-corrected chi connectivity index (χ3v) is 3.54. The monoisotopic (exact) mass is 235 g/mol. The molecule has 84 valence electrons. The number of hydrogen-bond acceptors (Lipinski definition) is 2. The van der Waals surface area contributed by atoms with Gasteiger partial charge in [0.1, 0.15) is 5.82 Å². The van der Waals surface area contributed by atoms with E-state index in [-0.39, 0.29) is 6.04 Å². The molecular formula is C12H14ClN3. The highest BCUT2D eigenvalue weighted by Gasteiger charge is 2.32. The molecule has 1 heterocycles. The molecule has 2 aromatic rings. The first-order valence-corrected chi connectivity index (χ1v) is 5.92. The van der Waals surface area contributed by atoms with Gasteiger partial charge in [0.15, 0.2) is 0 Å². The molecule has 0 amide bonds. The van der Waals surface area contributed by atoms with Gasteiger partial charge in [-0.15, -0.1) is 0 Å². The minimum atomic E-state index is 0.0659. The molecular weight excluding hydrogens is 222 g/mol. The molecule has 16 heavy (non-hydrogen) atoms. The van der Waals surface area contributed by atoms with Gasteiger partial charge in [-0.2, -0.15) is 0 Å². The molecule has 1 atom stereocenters. The minimum Gasteiger partial charge on any atom is -0.330 e. The van der Waals surface area contributed by atoms with Crippen LogP contribution in [-0.4, -0.2) is 9.55 Å². The summed E-state index contributed by atoms with van der Waals surface area (Å²) in [5, 5.41) is 0.738. The molecule has 0 saturated heterocycles. The molecule has 1 aliphatic rings. The summed E-state index contributed by atoms with van der Waals surface area (Å²) >= 11 is 5.98. The van der Waals surface area contributed by atoms with E-state index in [1.807, 2.05) is 25.2 Å². The number of nitrogens with zero attached hydrogens (tertiary/aromatic N) is 2. The van der Waals surface area contributed by atoms with E-state index < -0.39 is 0 Å². The number of aryl methyl sites for hydroxylation is 1. The summed E-state index contributed by atoms with van der Waals surface area (Å²) in [5.74, 6) is 1.59. The van der Waals surface area contributed by atoms with Gasteiger partial charge in [-0.05, 0) is 37.0 Å². The molecule has 1 aromatic heterocycles. The van der Waals surface area contributed by atoms with Gasteiger partial charge in [0.2, 0.25) is 0 Å². The van der Waals surface area contributed by atoms with E-state index >= 15 is 0 Å². The fourth-order valence-corrected chi connectivity index (χ4v) is 2.31. The molecule has 2 N–H and O–H groups in total. The van der Waals surface area contributed by atoms with Gasteiger partial charge in [0.05, 0.1) is 17.1 Å². The largest absolute Gasteiger partial charge is 0.330 e. The fraction of sp³-hybridized carbons (Fsp3) is 0.417. The van der Waals surface area contributed by atoms with Crippen molar-refractivity contribution in [2.45, 2.75) is 18.9 Å². The first kappa shape index (κ1) is 10.1.